The van der Waals surface area contributed by atoms with Gasteiger partial charge in [0.25, 0.3) is 0 Å². The van der Waals surface area contributed by atoms with Crippen LogP contribution in [0.4, 0.5) is 4.79 Å². The van der Waals surface area contributed by atoms with E-state index in [4.69, 9.17) is 14.6 Å². The maximum atomic E-state index is 12.1. The second-order valence-electron chi connectivity index (χ2n) is 5.34. The van der Waals surface area contributed by atoms with Crippen molar-refractivity contribution in [3.63, 3.8) is 0 Å². The van der Waals surface area contributed by atoms with Crippen LogP contribution in [0.1, 0.15) is 20.3 Å². The molecule has 0 bridgehead atoms. The summed E-state index contributed by atoms with van der Waals surface area (Å²) in [5.41, 5.74) is -0.795. The van der Waals surface area contributed by atoms with Crippen molar-refractivity contribution in [3.8, 4) is 0 Å². The standard InChI is InChI=1S/C12H22N2O5/c1-12(2,5-10(15)16)13-11(17)14-6-8(18-3)9(7-14)19-4/h8-9H,5-7H2,1-4H3,(H,13,17)(H,15,16). The molecule has 1 saturated heterocycles. The summed E-state index contributed by atoms with van der Waals surface area (Å²) in [5, 5.41) is 11.5. The zero-order valence-electron chi connectivity index (χ0n) is 11.8. The summed E-state index contributed by atoms with van der Waals surface area (Å²) in [6.07, 6.45) is -0.440. The van der Waals surface area contributed by atoms with Gasteiger partial charge < -0.3 is 24.8 Å². The number of ether oxygens (including phenoxy) is 2. The van der Waals surface area contributed by atoms with Crippen molar-refractivity contribution in [3.05, 3.63) is 0 Å². The topological polar surface area (TPSA) is 88.1 Å². The molecular weight excluding hydrogens is 252 g/mol. The molecule has 1 aliphatic rings. The fraction of sp³-hybridized carbons (Fsp3) is 0.833. The second-order valence-corrected chi connectivity index (χ2v) is 5.34. The molecule has 1 rings (SSSR count). The van der Waals surface area contributed by atoms with Crippen LogP contribution in [0.15, 0.2) is 0 Å². The highest BCUT2D eigenvalue weighted by atomic mass is 16.5. The Morgan fingerprint density at radius 1 is 1.26 bits per heavy atom. The van der Waals surface area contributed by atoms with E-state index in [1.54, 1.807) is 33.0 Å². The van der Waals surface area contributed by atoms with Gasteiger partial charge in [0.1, 0.15) is 12.2 Å². The van der Waals surface area contributed by atoms with Crippen LogP contribution in [-0.4, -0.2) is 67.1 Å². The highest BCUT2D eigenvalue weighted by Crippen LogP contribution is 2.17. The van der Waals surface area contributed by atoms with E-state index in [0.717, 1.165) is 0 Å². The van der Waals surface area contributed by atoms with Crippen LogP contribution in [0.2, 0.25) is 0 Å². The Kier molecular flexibility index (Phi) is 5.13. The van der Waals surface area contributed by atoms with Crippen molar-refractivity contribution in [2.45, 2.75) is 38.0 Å². The molecule has 7 nitrogen and oxygen atoms in total. The average molecular weight is 274 g/mol. The van der Waals surface area contributed by atoms with Crippen LogP contribution in [0.5, 0.6) is 0 Å². The molecule has 2 atom stereocenters. The van der Waals surface area contributed by atoms with Gasteiger partial charge in [0, 0.05) is 19.8 Å². The largest absolute Gasteiger partial charge is 0.481 e. The van der Waals surface area contributed by atoms with Crippen LogP contribution >= 0.6 is 0 Å². The monoisotopic (exact) mass is 274 g/mol. The maximum absolute atomic E-state index is 12.1. The summed E-state index contributed by atoms with van der Waals surface area (Å²) in [7, 11) is 3.15. The fourth-order valence-electron chi connectivity index (χ4n) is 2.15. The molecule has 0 saturated carbocycles. The number of amides is 2. The predicted octanol–water partition coefficient (Wildman–Crippen LogP) is 0.295. The Labute approximate surface area is 112 Å². The summed E-state index contributed by atoms with van der Waals surface area (Å²) in [6.45, 7) is 4.22. The van der Waals surface area contributed by atoms with Crippen molar-refractivity contribution in [1.82, 2.24) is 10.2 Å². The lowest BCUT2D eigenvalue weighted by molar-refractivity contribution is -0.138. The number of methoxy groups -OCH3 is 2. The number of aliphatic carboxylic acids is 1. The van der Waals surface area contributed by atoms with Gasteiger partial charge in [-0.1, -0.05) is 0 Å². The lowest BCUT2D eigenvalue weighted by atomic mass is 10.0. The molecule has 2 N–H and O–H groups in total. The van der Waals surface area contributed by atoms with E-state index in [9.17, 15) is 9.59 Å². The third-order valence-electron chi connectivity index (χ3n) is 3.15. The van der Waals surface area contributed by atoms with E-state index in [0.29, 0.717) is 13.1 Å². The molecule has 0 spiro atoms. The third kappa shape index (κ3) is 4.36. The molecule has 2 unspecified atom stereocenters. The number of urea groups is 1. The van der Waals surface area contributed by atoms with E-state index in [-0.39, 0.29) is 24.7 Å². The number of likely N-dealkylation sites (tertiary alicyclic amines) is 1. The van der Waals surface area contributed by atoms with Crippen molar-refractivity contribution in [1.29, 1.82) is 0 Å². The van der Waals surface area contributed by atoms with Crippen molar-refractivity contribution in [2.75, 3.05) is 27.3 Å². The number of hydrogen-bond donors (Lipinski definition) is 2. The number of carbonyl (C=O) groups excluding carboxylic acids is 1. The highest BCUT2D eigenvalue weighted by molar-refractivity contribution is 5.77. The van der Waals surface area contributed by atoms with E-state index in [1.807, 2.05) is 0 Å². The van der Waals surface area contributed by atoms with Gasteiger partial charge in [0.2, 0.25) is 0 Å². The first-order valence-electron chi connectivity index (χ1n) is 6.13. The molecule has 0 aromatic heterocycles. The highest BCUT2D eigenvalue weighted by Gasteiger charge is 2.37. The number of nitrogens with zero attached hydrogens (tertiary/aromatic N) is 1. The lowest BCUT2D eigenvalue weighted by Gasteiger charge is -2.27. The Bertz CT molecular complexity index is 333. The smallest absolute Gasteiger partial charge is 0.318 e. The third-order valence-corrected chi connectivity index (χ3v) is 3.15. The molecule has 0 radical (unpaired) electrons. The van der Waals surface area contributed by atoms with Crippen molar-refractivity contribution >= 4 is 12.0 Å². The van der Waals surface area contributed by atoms with Gasteiger partial charge in [0.05, 0.1) is 19.5 Å². The normalized spacial score (nSPS) is 23.5. The van der Waals surface area contributed by atoms with Gasteiger partial charge >= 0.3 is 12.0 Å². The van der Waals surface area contributed by atoms with E-state index >= 15 is 0 Å². The van der Waals surface area contributed by atoms with Gasteiger partial charge in [-0.25, -0.2) is 4.79 Å². The van der Waals surface area contributed by atoms with Crippen LogP contribution in [0.25, 0.3) is 0 Å². The molecule has 0 aromatic rings. The quantitative estimate of drug-likeness (QED) is 0.752. The van der Waals surface area contributed by atoms with Crippen LogP contribution in [-0.2, 0) is 14.3 Å². The Morgan fingerprint density at radius 3 is 2.11 bits per heavy atom. The van der Waals surface area contributed by atoms with Gasteiger partial charge in [-0.2, -0.15) is 0 Å². The van der Waals surface area contributed by atoms with E-state index < -0.39 is 11.5 Å². The molecule has 1 heterocycles. The molecule has 0 aromatic carbocycles. The van der Waals surface area contributed by atoms with Crippen LogP contribution in [0, 0.1) is 0 Å². The zero-order valence-corrected chi connectivity index (χ0v) is 11.8. The van der Waals surface area contributed by atoms with E-state index in [1.165, 1.54) is 0 Å². The number of nitrogens with one attached hydrogen (secondary N) is 1. The summed E-state index contributed by atoms with van der Waals surface area (Å²) >= 11 is 0. The van der Waals surface area contributed by atoms with Crippen molar-refractivity contribution < 1.29 is 24.2 Å². The Hall–Kier alpha value is -1.34. The Balaban J connectivity index is 2.57. The summed E-state index contributed by atoms with van der Waals surface area (Å²) in [6, 6.07) is -0.298. The second kappa shape index (κ2) is 6.21. The number of carbonyl (C=O) groups is 2. The molecule has 19 heavy (non-hydrogen) atoms. The molecular formula is C12H22N2O5. The van der Waals surface area contributed by atoms with Gasteiger partial charge in [-0.3, -0.25) is 4.79 Å². The first kappa shape index (κ1) is 15.7. The number of hydrogen-bond acceptors (Lipinski definition) is 4. The number of carboxylic acids is 1. The molecule has 0 aliphatic carbocycles. The minimum Gasteiger partial charge on any atom is -0.481 e. The van der Waals surface area contributed by atoms with Gasteiger partial charge in [0.15, 0.2) is 0 Å². The number of rotatable bonds is 5. The summed E-state index contributed by atoms with van der Waals surface area (Å²) in [5.74, 6) is -0.948. The van der Waals surface area contributed by atoms with Crippen LogP contribution < -0.4 is 5.32 Å². The van der Waals surface area contributed by atoms with Crippen LogP contribution in [0.3, 0.4) is 0 Å². The summed E-state index contributed by atoms with van der Waals surface area (Å²) in [4.78, 5) is 24.4. The maximum Gasteiger partial charge on any atom is 0.318 e. The minimum absolute atomic E-state index is 0.131. The lowest BCUT2D eigenvalue weighted by Crippen LogP contribution is -2.50. The molecule has 110 valence electrons. The predicted molar refractivity (Wildman–Crippen MR) is 68.0 cm³/mol. The Morgan fingerprint density at radius 2 is 1.74 bits per heavy atom. The van der Waals surface area contributed by atoms with E-state index in [2.05, 4.69) is 5.32 Å². The zero-order chi connectivity index (χ0) is 14.6. The van der Waals surface area contributed by atoms with Crippen molar-refractivity contribution in [2.24, 2.45) is 0 Å². The molecule has 1 aliphatic heterocycles. The average Bonchev–Trinajstić information content (AvgIpc) is 2.69. The summed E-state index contributed by atoms with van der Waals surface area (Å²) < 4.78 is 10.5. The minimum atomic E-state index is -0.948. The van der Waals surface area contributed by atoms with Gasteiger partial charge in [-0.05, 0) is 13.8 Å². The first-order chi connectivity index (χ1) is 8.79. The first-order valence-corrected chi connectivity index (χ1v) is 6.13. The fourth-order valence-corrected chi connectivity index (χ4v) is 2.15. The SMILES string of the molecule is COC1CN(C(=O)NC(C)(C)CC(=O)O)CC1OC. The number of carboxylic acid groups (broad SMARTS) is 1. The molecule has 7 heteroatoms. The molecule has 2 amide bonds. The molecule has 1 fully saturated rings. The van der Waals surface area contributed by atoms with Gasteiger partial charge in [-0.15, -0.1) is 0 Å².